The molecule has 2 aromatic rings. The summed E-state index contributed by atoms with van der Waals surface area (Å²) in [6, 6.07) is 14.8. The number of hydrogen-bond donors (Lipinski definition) is 2. The Hall–Kier alpha value is -2.82. The number of anilines is 1. The van der Waals surface area contributed by atoms with Gasteiger partial charge < -0.3 is 15.4 Å². The van der Waals surface area contributed by atoms with Crippen LogP contribution in [0, 0.1) is 6.92 Å². The highest BCUT2D eigenvalue weighted by Gasteiger charge is 2.24. The van der Waals surface area contributed by atoms with Crippen molar-refractivity contribution in [2.75, 3.05) is 5.32 Å². The van der Waals surface area contributed by atoms with Gasteiger partial charge in [-0.05, 0) is 57.0 Å². The zero-order chi connectivity index (χ0) is 17.8. The summed E-state index contributed by atoms with van der Waals surface area (Å²) >= 11 is 0. The Morgan fingerprint density at radius 1 is 1.12 bits per heavy atom. The molecule has 5 nitrogen and oxygen atoms in total. The molecule has 2 amide bonds. The topological polar surface area (TPSA) is 67.4 Å². The Bertz CT molecular complexity index is 767. The second-order valence-electron chi connectivity index (χ2n) is 6.39. The van der Waals surface area contributed by atoms with E-state index in [0.717, 1.165) is 18.4 Å². The van der Waals surface area contributed by atoms with Gasteiger partial charge in [0.05, 0.1) is 0 Å². The molecule has 1 fully saturated rings. The number of aryl methyl sites for hydroxylation is 1. The van der Waals surface area contributed by atoms with Gasteiger partial charge in [-0.3, -0.25) is 9.59 Å². The normalized spacial score (nSPS) is 14.5. The van der Waals surface area contributed by atoms with Gasteiger partial charge in [0.25, 0.3) is 11.8 Å². The third-order valence-electron chi connectivity index (χ3n) is 4.01. The van der Waals surface area contributed by atoms with Gasteiger partial charge in [-0.15, -0.1) is 0 Å². The largest absolute Gasteiger partial charge is 0.481 e. The molecule has 0 aromatic heterocycles. The Kier molecular flexibility index (Phi) is 5.03. The molecule has 2 N–H and O–H groups in total. The molecule has 3 rings (SSSR count). The average Bonchev–Trinajstić information content (AvgIpc) is 3.41. The van der Waals surface area contributed by atoms with Crippen molar-refractivity contribution in [1.82, 2.24) is 5.32 Å². The van der Waals surface area contributed by atoms with Crippen LogP contribution >= 0.6 is 0 Å². The molecule has 1 saturated carbocycles. The molecule has 0 heterocycles. The molecular weight excluding hydrogens is 316 g/mol. The van der Waals surface area contributed by atoms with E-state index in [9.17, 15) is 9.59 Å². The molecule has 0 bridgehead atoms. The van der Waals surface area contributed by atoms with Crippen molar-refractivity contribution in [3.8, 4) is 5.75 Å². The lowest BCUT2D eigenvalue weighted by Gasteiger charge is -2.15. The number of rotatable bonds is 6. The fraction of sp³-hybridized carbons (Fsp3) is 0.300. The number of hydrogen-bond acceptors (Lipinski definition) is 3. The van der Waals surface area contributed by atoms with Gasteiger partial charge in [-0.25, -0.2) is 0 Å². The second-order valence-corrected chi connectivity index (χ2v) is 6.39. The molecule has 1 aliphatic rings. The van der Waals surface area contributed by atoms with Crippen LogP contribution in [0.2, 0.25) is 0 Å². The van der Waals surface area contributed by atoms with Gasteiger partial charge in [-0.1, -0.05) is 23.8 Å². The first-order valence-corrected chi connectivity index (χ1v) is 8.46. The lowest BCUT2D eigenvalue weighted by atomic mass is 10.2. The summed E-state index contributed by atoms with van der Waals surface area (Å²) in [5.41, 5.74) is 2.25. The third-order valence-corrected chi connectivity index (χ3v) is 4.01. The first-order valence-electron chi connectivity index (χ1n) is 8.46. The zero-order valence-electron chi connectivity index (χ0n) is 14.4. The van der Waals surface area contributed by atoms with Gasteiger partial charge in [0, 0.05) is 17.3 Å². The quantitative estimate of drug-likeness (QED) is 0.849. The molecule has 130 valence electrons. The fourth-order valence-electron chi connectivity index (χ4n) is 2.35. The Morgan fingerprint density at radius 2 is 1.84 bits per heavy atom. The van der Waals surface area contributed by atoms with Crippen LogP contribution in [-0.2, 0) is 4.79 Å². The molecule has 5 heteroatoms. The predicted octanol–water partition coefficient (Wildman–Crippen LogP) is 3.29. The van der Waals surface area contributed by atoms with E-state index in [1.807, 2.05) is 31.2 Å². The lowest BCUT2D eigenvalue weighted by molar-refractivity contribution is -0.122. The van der Waals surface area contributed by atoms with Crippen LogP contribution in [0.3, 0.4) is 0 Å². The lowest BCUT2D eigenvalue weighted by Crippen LogP contribution is -2.30. The van der Waals surface area contributed by atoms with E-state index >= 15 is 0 Å². The van der Waals surface area contributed by atoms with Crippen molar-refractivity contribution in [3.05, 3.63) is 59.7 Å². The van der Waals surface area contributed by atoms with E-state index in [1.54, 1.807) is 31.2 Å². The van der Waals surface area contributed by atoms with E-state index in [0.29, 0.717) is 23.0 Å². The number of carbonyl (C=O) groups excluding carboxylic acids is 2. The summed E-state index contributed by atoms with van der Waals surface area (Å²) in [5.74, 6) is 0.272. The second kappa shape index (κ2) is 7.38. The monoisotopic (exact) mass is 338 g/mol. The molecule has 1 aliphatic carbocycles. The van der Waals surface area contributed by atoms with Gasteiger partial charge in [0.1, 0.15) is 5.75 Å². The highest BCUT2D eigenvalue weighted by Crippen LogP contribution is 2.20. The SMILES string of the molecule is Cc1ccc(OC(C)C(=O)Nc2cccc(C(=O)NC3CC3)c2)cc1. The molecule has 2 aromatic carbocycles. The average molecular weight is 338 g/mol. The van der Waals surface area contributed by atoms with E-state index in [-0.39, 0.29) is 11.8 Å². The summed E-state index contributed by atoms with van der Waals surface area (Å²) in [5, 5.41) is 5.73. The Morgan fingerprint density at radius 3 is 2.52 bits per heavy atom. The number of benzene rings is 2. The molecule has 0 spiro atoms. The van der Waals surface area contributed by atoms with Crippen molar-refractivity contribution >= 4 is 17.5 Å². The summed E-state index contributed by atoms with van der Waals surface area (Å²) in [7, 11) is 0. The van der Waals surface area contributed by atoms with Crippen molar-refractivity contribution in [3.63, 3.8) is 0 Å². The Balaban J connectivity index is 1.59. The smallest absolute Gasteiger partial charge is 0.265 e. The van der Waals surface area contributed by atoms with Crippen LogP contribution in [0.15, 0.2) is 48.5 Å². The van der Waals surface area contributed by atoms with Gasteiger partial charge >= 0.3 is 0 Å². The molecule has 1 unspecified atom stereocenters. The standard InChI is InChI=1S/C20H22N2O3/c1-13-6-10-18(11-7-13)25-14(2)19(23)22-17-5-3-4-15(12-17)20(24)21-16-8-9-16/h3-7,10-12,14,16H,8-9H2,1-2H3,(H,21,24)(H,22,23). The molecular formula is C20H22N2O3. The number of nitrogens with one attached hydrogen (secondary N) is 2. The van der Waals surface area contributed by atoms with E-state index in [2.05, 4.69) is 10.6 Å². The summed E-state index contributed by atoms with van der Waals surface area (Å²) in [6.07, 6.45) is 1.43. The van der Waals surface area contributed by atoms with E-state index in [4.69, 9.17) is 4.74 Å². The number of carbonyl (C=O) groups is 2. The minimum absolute atomic E-state index is 0.109. The van der Waals surface area contributed by atoms with Crippen LogP contribution in [0.25, 0.3) is 0 Å². The van der Waals surface area contributed by atoms with Crippen LogP contribution in [0.5, 0.6) is 5.75 Å². The van der Waals surface area contributed by atoms with Crippen LogP contribution in [0.1, 0.15) is 35.7 Å². The number of amides is 2. The number of ether oxygens (including phenoxy) is 1. The minimum atomic E-state index is -0.647. The molecule has 0 aliphatic heterocycles. The van der Waals surface area contributed by atoms with Gasteiger partial charge in [-0.2, -0.15) is 0 Å². The molecule has 25 heavy (non-hydrogen) atoms. The van der Waals surface area contributed by atoms with Gasteiger partial charge in [0.2, 0.25) is 0 Å². The first kappa shape index (κ1) is 17.0. The Labute approximate surface area is 147 Å². The predicted molar refractivity (Wildman–Crippen MR) is 96.8 cm³/mol. The van der Waals surface area contributed by atoms with Crippen molar-refractivity contribution in [1.29, 1.82) is 0 Å². The maximum Gasteiger partial charge on any atom is 0.265 e. The molecule has 0 radical (unpaired) electrons. The maximum atomic E-state index is 12.3. The summed E-state index contributed by atoms with van der Waals surface area (Å²) in [6.45, 7) is 3.69. The van der Waals surface area contributed by atoms with E-state index in [1.165, 1.54) is 0 Å². The van der Waals surface area contributed by atoms with Crippen molar-refractivity contribution < 1.29 is 14.3 Å². The van der Waals surface area contributed by atoms with Crippen LogP contribution in [0.4, 0.5) is 5.69 Å². The zero-order valence-corrected chi connectivity index (χ0v) is 14.4. The van der Waals surface area contributed by atoms with Crippen molar-refractivity contribution in [2.45, 2.75) is 38.8 Å². The molecule has 1 atom stereocenters. The van der Waals surface area contributed by atoms with Crippen LogP contribution < -0.4 is 15.4 Å². The first-order chi connectivity index (χ1) is 12.0. The van der Waals surface area contributed by atoms with Crippen LogP contribution in [-0.4, -0.2) is 24.0 Å². The maximum absolute atomic E-state index is 12.3. The third kappa shape index (κ3) is 4.83. The molecule has 0 saturated heterocycles. The highest BCUT2D eigenvalue weighted by atomic mass is 16.5. The van der Waals surface area contributed by atoms with Gasteiger partial charge in [0.15, 0.2) is 6.10 Å². The summed E-state index contributed by atoms with van der Waals surface area (Å²) in [4.78, 5) is 24.4. The fourth-order valence-corrected chi connectivity index (χ4v) is 2.35. The summed E-state index contributed by atoms with van der Waals surface area (Å²) < 4.78 is 5.65. The van der Waals surface area contributed by atoms with Crippen molar-refractivity contribution in [2.24, 2.45) is 0 Å². The van der Waals surface area contributed by atoms with E-state index < -0.39 is 6.10 Å². The minimum Gasteiger partial charge on any atom is -0.481 e. The highest BCUT2D eigenvalue weighted by molar-refractivity contribution is 5.98.